The summed E-state index contributed by atoms with van der Waals surface area (Å²) in [5.41, 5.74) is 8.20. The standard InChI is InChI=1S/C18H15N3O2/c19-17-16(11-22)18(21-12-20-17)23-15-8-6-14(7-9-15)10-13-4-2-1-3-5-13/h1-9,11-12H,10H2,(H2,19,20,21). The summed E-state index contributed by atoms with van der Waals surface area (Å²) in [6.07, 6.45) is 2.71. The monoisotopic (exact) mass is 305 g/mol. The summed E-state index contributed by atoms with van der Waals surface area (Å²) in [4.78, 5) is 18.8. The number of anilines is 1. The van der Waals surface area contributed by atoms with E-state index in [-0.39, 0.29) is 17.3 Å². The number of rotatable bonds is 5. The molecule has 0 radical (unpaired) electrons. The summed E-state index contributed by atoms with van der Waals surface area (Å²) in [5, 5.41) is 0. The average Bonchev–Trinajstić information content (AvgIpc) is 2.58. The van der Waals surface area contributed by atoms with Gasteiger partial charge in [0, 0.05) is 0 Å². The van der Waals surface area contributed by atoms with E-state index < -0.39 is 0 Å². The second kappa shape index (κ2) is 6.70. The Bertz CT molecular complexity index is 802. The molecule has 3 aromatic rings. The number of hydrogen-bond acceptors (Lipinski definition) is 5. The number of ether oxygens (including phenoxy) is 1. The van der Waals surface area contributed by atoms with E-state index in [1.165, 1.54) is 17.5 Å². The van der Waals surface area contributed by atoms with Crippen LogP contribution < -0.4 is 10.5 Å². The number of benzene rings is 2. The topological polar surface area (TPSA) is 78.1 Å². The van der Waals surface area contributed by atoms with Gasteiger partial charge in [0.2, 0.25) is 5.88 Å². The first-order chi connectivity index (χ1) is 11.3. The predicted octanol–water partition coefficient (Wildman–Crippen LogP) is 3.25. The first-order valence-corrected chi connectivity index (χ1v) is 7.12. The van der Waals surface area contributed by atoms with Crippen LogP contribution in [-0.2, 0) is 6.42 Å². The number of hydrogen-bond donors (Lipinski definition) is 1. The van der Waals surface area contributed by atoms with E-state index in [4.69, 9.17) is 10.5 Å². The van der Waals surface area contributed by atoms with E-state index in [9.17, 15) is 4.79 Å². The molecule has 0 bridgehead atoms. The van der Waals surface area contributed by atoms with E-state index in [1.54, 1.807) is 0 Å². The smallest absolute Gasteiger partial charge is 0.235 e. The molecule has 0 atom stereocenters. The van der Waals surface area contributed by atoms with E-state index >= 15 is 0 Å². The lowest BCUT2D eigenvalue weighted by Gasteiger charge is -2.08. The Labute approximate surface area is 133 Å². The van der Waals surface area contributed by atoms with Gasteiger partial charge in [-0.15, -0.1) is 0 Å². The molecule has 0 saturated heterocycles. The Morgan fingerprint density at radius 1 is 0.957 bits per heavy atom. The van der Waals surface area contributed by atoms with Crippen molar-refractivity contribution >= 4 is 12.1 Å². The number of carbonyl (C=O) groups is 1. The Morgan fingerprint density at radius 3 is 2.35 bits per heavy atom. The van der Waals surface area contributed by atoms with Crippen molar-refractivity contribution in [2.75, 3.05) is 5.73 Å². The normalized spacial score (nSPS) is 10.3. The zero-order chi connectivity index (χ0) is 16.1. The molecule has 1 heterocycles. The van der Waals surface area contributed by atoms with Gasteiger partial charge >= 0.3 is 0 Å². The molecule has 114 valence electrons. The maximum atomic E-state index is 11.1. The van der Waals surface area contributed by atoms with Crippen molar-refractivity contribution in [2.45, 2.75) is 6.42 Å². The van der Waals surface area contributed by atoms with Crippen molar-refractivity contribution in [3.8, 4) is 11.6 Å². The highest BCUT2D eigenvalue weighted by Crippen LogP contribution is 2.24. The molecule has 3 rings (SSSR count). The van der Waals surface area contributed by atoms with E-state index in [1.807, 2.05) is 42.5 Å². The fourth-order valence-corrected chi connectivity index (χ4v) is 2.20. The summed E-state index contributed by atoms with van der Waals surface area (Å²) < 4.78 is 5.62. The van der Waals surface area contributed by atoms with Gasteiger partial charge in [0.15, 0.2) is 6.29 Å². The molecule has 0 unspecified atom stereocenters. The number of carbonyl (C=O) groups excluding carboxylic acids is 1. The Hall–Kier alpha value is -3.21. The van der Waals surface area contributed by atoms with E-state index in [0.29, 0.717) is 12.0 Å². The van der Waals surface area contributed by atoms with Crippen LogP contribution in [-0.4, -0.2) is 16.3 Å². The zero-order valence-electron chi connectivity index (χ0n) is 12.3. The van der Waals surface area contributed by atoms with Gasteiger partial charge < -0.3 is 10.5 Å². The van der Waals surface area contributed by atoms with Gasteiger partial charge in [0.05, 0.1) is 0 Å². The largest absolute Gasteiger partial charge is 0.438 e. The van der Waals surface area contributed by atoms with Gasteiger partial charge in [-0.1, -0.05) is 42.5 Å². The van der Waals surface area contributed by atoms with Crippen LogP contribution >= 0.6 is 0 Å². The molecule has 2 aromatic carbocycles. The lowest BCUT2D eigenvalue weighted by Crippen LogP contribution is -2.01. The van der Waals surface area contributed by atoms with Gasteiger partial charge in [0.1, 0.15) is 23.5 Å². The van der Waals surface area contributed by atoms with Crippen molar-refractivity contribution in [1.82, 2.24) is 9.97 Å². The molecule has 5 heteroatoms. The van der Waals surface area contributed by atoms with Crippen molar-refractivity contribution in [3.63, 3.8) is 0 Å². The lowest BCUT2D eigenvalue weighted by molar-refractivity contribution is 0.112. The van der Waals surface area contributed by atoms with Crippen LogP contribution in [0.2, 0.25) is 0 Å². The van der Waals surface area contributed by atoms with Crippen molar-refractivity contribution in [3.05, 3.63) is 77.6 Å². The summed E-state index contributed by atoms with van der Waals surface area (Å²) in [6.45, 7) is 0. The third-order valence-electron chi connectivity index (χ3n) is 3.38. The minimum absolute atomic E-state index is 0.102. The van der Waals surface area contributed by atoms with Crippen LogP contribution in [0.25, 0.3) is 0 Å². The van der Waals surface area contributed by atoms with Crippen LogP contribution in [0.3, 0.4) is 0 Å². The van der Waals surface area contributed by atoms with Crippen molar-refractivity contribution < 1.29 is 9.53 Å². The lowest BCUT2D eigenvalue weighted by atomic mass is 10.1. The van der Waals surface area contributed by atoms with E-state index in [0.717, 1.165) is 6.42 Å². The number of nitrogen functional groups attached to an aromatic ring is 1. The summed E-state index contributed by atoms with van der Waals surface area (Å²) in [5.74, 6) is 0.844. The van der Waals surface area contributed by atoms with Gasteiger partial charge in [-0.25, -0.2) is 9.97 Å². The number of nitrogens with zero attached hydrogens (tertiary/aromatic N) is 2. The summed E-state index contributed by atoms with van der Waals surface area (Å²) in [7, 11) is 0. The second-order valence-electron chi connectivity index (χ2n) is 5.00. The maximum absolute atomic E-state index is 11.1. The van der Waals surface area contributed by atoms with Crippen LogP contribution in [0.5, 0.6) is 11.6 Å². The molecule has 5 nitrogen and oxygen atoms in total. The number of nitrogens with two attached hydrogens (primary N) is 1. The fourth-order valence-electron chi connectivity index (χ4n) is 2.20. The maximum Gasteiger partial charge on any atom is 0.235 e. The van der Waals surface area contributed by atoms with Crippen LogP contribution in [0.1, 0.15) is 21.5 Å². The third kappa shape index (κ3) is 3.52. The quantitative estimate of drug-likeness (QED) is 0.732. The highest BCUT2D eigenvalue weighted by Gasteiger charge is 2.10. The molecule has 0 fully saturated rings. The van der Waals surface area contributed by atoms with Gasteiger partial charge in [-0.3, -0.25) is 4.79 Å². The Morgan fingerprint density at radius 2 is 1.65 bits per heavy atom. The van der Waals surface area contributed by atoms with E-state index in [2.05, 4.69) is 22.1 Å². The van der Waals surface area contributed by atoms with Crippen LogP contribution in [0.15, 0.2) is 60.9 Å². The van der Waals surface area contributed by atoms with Crippen LogP contribution in [0, 0.1) is 0 Å². The Balaban J connectivity index is 1.75. The zero-order valence-corrected chi connectivity index (χ0v) is 12.3. The molecule has 23 heavy (non-hydrogen) atoms. The molecular weight excluding hydrogens is 290 g/mol. The first kappa shape index (κ1) is 14.7. The third-order valence-corrected chi connectivity index (χ3v) is 3.38. The van der Waals surface area contributed by atoms with Crippen molar-refractivity contribution in [1.29, 1.82) is 0 Å². The number of aldehydes is 1. The highest BCUT2D eigenvalue weighted by molar-refractivity contribution is 5.84. The Kier molecular flexibility index (Phi) is 4.29. The molecule has 0 spiro atoms. The average molecular weight is 305 g/mol. The molecular formula is C18H15N3O2. The highest BCUT2D eigenvalue weighted by atomic mass is 16.5. The summed E-state index contributed by atoms with van der Waals surface area (Å²) in [6, 6.07) is 17.9. The van der Waals surface area contributed by atoms with Crippen molar-refractivity contribution in [2.24, 2.45) is 0 Å². The van der Waals surface area contributed by atoms with Gasteiger partial charge in [-0.2, -0.15) is 0 Å². The molecule has 2 N–H and O–H groups in total. The molecule has 0 saturated carbocycles. The van der Waals surface area contributed by atoms with Crippen LogP contribution in [0.4, 0.5) is 5.82 Å². The SMILES string of the molecule is Nc1ncnc(Oc2ccc(Cc3ccccc3)cc2)c1C=O. The molecule has 1 aromatic heterocycles. The number of aromatic nitrogens is 2. The molecule has 0 aliphatic heterocycles. The van der Waals surface area contributed by atoms with Gasteiger partial charge in [0.25, 0.3) is 0 Å². The molecule has 0 amide bonds. The first-order valence-electron chi connectivity index (χ1n) is 7.12. The fraction of sp³-hybridized carbons (Fsp3) is 0.0556. The van der Waals surface area contributed by atoms with Gasteiger partial charge in [-0.05, 0) is 29.7 Å². The predicted molar refractivity (Wildman–Crippen MR) is 87.6 cm³/mol. The summed E-state index contributed by atoms with van der Waals surface area (Å²) >= 11 is 0. The minimum atomic E-state index is 0.102. The molecule has 0 aliphatic rings. The second-order valence-corrected chi connectivity index (χ2v) is 5.00. The minimum Gasteiger partial charge on any atom is -0.438 e. The molecule has 0 aliphatic carbocycles.